The smallest absolute Gasteiger partial charge is 0.225 e. The van der Waals surface area contributed by atoms with Gasteiger partial charge < -0.3 is 10.1 Å². The predicted octanol–water partition coefficient (Wildman–Crippen LogP) is 3.67. The molecule has 0 bridgehead atoms. The Labute approximate surface area is 121 Å². The molecule has 0 aliphatic carbocycles. The standard InChI is InChI=1S/C13H18BrNO2S/c1-3-17-12-5-4-11(8-10(12)9-14)15-13(16)6-7-18-2/h4-5,8H,3,6-7,9H2,1-2H3,(H,15,16). The number of nitrogens with one attached hydrogen (secondary N) is 1. The summed E-state index contributed by atoms with van der Waals surface area (Å²) < 4.78 is 5.51. The molecule has 0 saturated carbocycles. The van der Waals surface area contributed by atoms with Crippen molar-refractivity contribution in [3.63, 3.8) is 0 Å². The maximum atomic E-state index is 11.6. The molecular formula is C13H18BrNO2S. The topological polar surface area (TPSA) is 38.3 Å². The molecule has 1 rings (SSSR count). The predicted molar refractivity (Wildman–Crippen MR) is 81.9 cm³/mol. The van der Waals surface area contributed by atoms with Crippen molar-refractivity contribution in [1.29, 1.82) is 0 Å². The number of hydrogen-bond acceptors (Lipinski definition) is 3. The first kappa shape index (κ1) is 15.4. The highest BCUT2D eigenvalue weighted by atomic mass is 79.9. The van der Waals surface area contributed by atoms with Gasteiger partial charge in [0.25, 0.3) is 0 Å². The largest absolute Gasteiger partial charge is 0.494 e. The van der Waals surface area contributed by atoms with Crippen LogP contribution < -0.4 is 10.1 Å². The zero-order valence-electron chi connectivity index (χ0n) is 10.7. The number of alkyl halides is 1. The Morgan fingerprint density at radius 1 is 1.50 bits per heavy atom. The Morgan fingerprint density at radius 3 is 2.89 bits per heavy atom. The molecular weight excluding hydrogens is 314 g/mol. The lowest BCUT2D eigenvalue weighted by molar-refractivity contribution is -0.115. The summed E-state index contributed by atoms with van der Waals surface area (Å²) in [4.78, 5) is 11.6. The van der Waals surface area contributed by atoms with Gasteiger partial charge >= 0.3 is 0 Å². The van der Waals surface area contributed by atoms with Crippen LogP contribution in [0.15, 0.2) is 18.2 Å². The number of hydrogen-bond donors (Lipinski definition) is 1. The number of amides is 1. The van der Waals surface area contributed by atoms with Crippen LogP contribution in [0.25, 0.3) is 0 Å². The van der Waals surface area contributed by atoms with Gasteiger partial charge in [-0.05, 0) is 31.4 Å². The van der Waals surface area contributed by atoms with Crippen molar-refractivity contribution in [3.8, 4) is 5.75 Å². The van der Waals surface area contributed by atoms with Gasteiger partial charge in [-0.15, -0.1) is 0 Å². The van der Waals surface area contributed by atoms with E-state index in [0.29, 0.717) is 18.4 Å². The molecule has 1 aromatic carbocycles. The Kier molecular flexibility index (Phi) is 7.20. The third kappa shape index (κ3) is 4.90. The van der Waals surface area contributed by atoms with E-state index in [1.54, 1.807) is 11.8 Å². The highest BCUT2D eigenvalue weighted by Gasteiger charge is 2.06. The second-order valence-corrected chi connectivity index (χ2v) is 5.23. The fraction of sp³-hybridized carbons (Fsp3) is 0.462. The van der Waals surface area contributed by atoms with Crippen LogP contribution in [0.4, 0.5) is 5.69 Å². The minimum Gasteiger partial charge on any atom is -0.494 e. The number of thioether (sulfide) groups is 1. The third-order valence-corrected chi connectivity index (χ3v) is 3.54. The number of carbonyl (C=O) groups excluding carboxylic acids is 1. The third-order valence-electron chi connectivity index (χ3n) is 2.32. The maximum absolute atomic E-state index is 11.6. The molecule has 100 valence electrons. The van der Waals surface area contributed by atoms with Crippen LogP contribution in [-0.4, -0.2) is 24.5 Å². The summed E-state index contributed by atoms with van der Waals surface area (Å²) in [5.41, 5.74) is 1.86. The van der Waals surface area contributed by atoms with E-state index in [-0.39, 0.29) is 5.91 Å². The minimum absolute atomic E-state index is 0.0500. The highest BCUT2D eigenvalue weighted by molar-refractivity contribution is 9.08. The lowest BCUT2D eigenvalue weighted by Gasteiger charge is -2.11. The minimum atomic E-state index is 0.0500. The summed E-state index contributed by atoms with van der Waals surface area (Å²) in [6, 6.07) is 5.70. The zero-order valence-corrected chi connectivity index (χ0v) is 13.1. The van der Waals surface area contributed by atoms with Crippen LogP contribution in [0.2, 0.25) is 0 Å². The highest BCUT2D eigenvalue weighted by Crippen LogP contribution is 2.25. The summed E-state index contributed by atoms with van der Waals surface area (Å²) in [5, 5.41) is 3.60. The lowest BCUT2D eigenvalue weighted by atomic mass is 10.2. The summed E-state index contributed by atoms with van der Waals surface area (Å²) in [7, 11) is 0. The van der Waals surface area contributed by atoms with Gasteiger partial charge in [-0.25, -0.2) is 0 Å². The summed E-state index contributed by atoms with van der Waals surface area (Å²) in [6.45, 7) is 2.59. The molecule has 0 atom stereocenters. The molecule has 0 heterocycles. The number of halogens is 1. The monoisotopic (exact) mass is 331 g/mol. The van der Waals surface area contributed by atoms with Crippen LogP contribution in [0.5, 0.6) is 5.75 Å². The molecule has 0 unspecified atom stereocenters. The van der Waals surface area contributed by atoms with Gasteiger partial charge in [-0.3, -0.25) is 4.79 Å². The van der Waals surface area contributed by atoms with E-state index in [0.717, 1.165) is 22.8 Å². The van der Waals surface area contributed by atoms with E-state index in [1.165, 1.54) is 0 Å². The number of benzene rings is 1. The van der Waals surface area contributed by atoms with Gasteiger partial charge in [0.1, 0.15) is 5.75 Å². The van der Waals surface area contributed by atoms with Gasteiger partial charge in [0, 0.05) is 28.8 Å². The van der Waals surface area contributed by atoms with E-state index in [2.05, 4.69) is 21.2 Å². The maximum Gasteiger partial charge on any atom is 0.225 e. The molecule has 1 amide bonds. The average Bonchev–Trinajstić information content (AvgIpc) is 2.38. The summed E-state index contributed by atoms with van der Waals surface area (Å²) >= 11 is 5.09. The van der Waals surface area contributed by atoms with Crippen LogP contribution in [0.1, 0.15) is 18.9 Å². The van der Waals surface area contributed by atoms with E-state index >= 15 is 0 Å². The van der Waals surface area contributed by atoms with Crippen LogP contribution in [-0.2, 0) is 10.1 Å². The molecule has 0 aliphatic heterocycles. The van der Waals surface area contributed by atoms with Crippen LogP contribution in [0.3, 0.4) is 0 Å². The average molecular weight is 332 g/mol. The Balaban J connectivity index is 2.69. The molecule has 0 saturated heterocycles. The molecule has 5 heteroatoms. The molecule has 0 aliphatic rings. The van der Waals surface area contributed by atoms with Crippen molar-refractivity contribution in [3.05, 3.63) is 23.8 Å². The van der Waals surface area contributed by atoms with E-state index in [4.69, 9.17) is 4.74 Å². The van der Waals surface area contributed by atoms with Crippen molar-refractivity contribution < 1.29 is 9.53 Å². The fourth-order valence-corrected chi connectivity index (χ4v) is 2.30. The van der Waals surface area contributed by atoms with Gasteiger partial charge in [0.05, 0.1) is 6.61 Å². The first-order chi connectivity index (χ1) is 8.71. The van der Waals surface area contributed by atoms with Gasteiger partial charge in [-0.2, -0.15) is 11.8 Å². The number of carbonyl (C=O) groups is 1. The van der Waals surface area contributed by atoms with Crippen molar-refractivity contribution in [2.45, 2.75) is 18.7 Å². The Bertz CT molecular complexity index is 399. The Hall–Kier alpha value is -0.680. The SMILES string of the molecule is CCOc1ccc(NC(=O)CCSC)cc1CBr. The number of anilines is 1. The number of ether oxygens (including phenoxy) is 1. The lowest BCUT2D eigenvalue weighted by Crippen LogP contribution is -2.12. The zero-order chi connectivity index (χ0) is 13.4. The molecule has 1 N–H and O–H groups in total. The van der Waals surface area contributed by atoms with E-state index in [1.807, 2.05) is 31.4 Å². The first-order valence-corrected chi connectivity index (χ1v) is 8.33. The number of rotatable bonds is 7. The summed E-state index contributed by atoms with van der Waals surface area (Å²) in [5.74, 6) is 1.75. The molecule has 1 aromatic rings. The van der Waals surface area contributed by atoms with Gasteiger partial charge in [0.2, 0.25) is 5.91 Å². The van der Waals surface area contributed by atoms with Gasteiger partial charge in [-0.1, -0.05) is 15.9 Å². The second kappa shape index (κ2) is 8.43. The van der Waals surface area contributed by atoms with Crippen molar-refractivity contribution in [2.75, 3.05) is 23.9 Å². The molecule has 0 fully saturated rings. The van der Waals surface area contributed by atoms with Crippen molar-refractivity contribution in [2.24, 2.45) is 0 Å². The Morgan fingerprint density at radius 2 is 2.28 bits per heavy atom. The van der Waals surface area contributed by atoms with Crippen molar-refractivity contribution >= 4 is 39.3 Å². The molecule has 18 heavy (non-hydrogen) atoms. The second-order valence-electron chi connectivity index (χ2n) is 3.68. The normalized spacial score (nSPS) is 10.2. The fourth-order valence-electron chi connectivity index (χ4n) is 1.48. The van der Waals surface area contributed by atoms with Crippen LogP contribution in [0, 0.1) is 0 Å². The van der Waals surface area contributed by atoms with Crippen LogP contribution >= 0.6 is 27.7 Å². The van der Waals surface area contributed by atoms with Crippen molar-refractivity contribution in [1.82, 2.24) is 0 Å². The quantitative estimate of drug-likeness (QED) is 0.774. The molecule has 0 aromatic heterocycles. The molecule has 0 spiro atoms. The first-order valence-electron chi connectivity index (χ1n) is 5.81. The molecule has 0 radical (unpaired) electrons. The summed E-state index contributed by atoms with van der Waals surface area (Å²) in [6.07, 6.45) is 2.53. The van der Waals surface area contributed by atoms with Gasteiger partial charge in [0.15, 0.2) is 0 Å². The van der Waals surface area contributed by atoms with E-state index in [9.17, 15) is 4.79 Å². The van der Waals surface area contributed by atoms with E-state index < -0.39 is 0 Å². The molecule has 3 nitrogen and oxygen atoms in total.